The molecule has 3 aromatic rings. The van der Waals surface area contributed by atoms with E-state index >= 15 is 0 Å². The van der Waals surface area contributed by atoms with Crippen LogP contribution in [0.3, 0.4) is 0 Å². The molecule has 1 aromatic carbocycles. The molecule has 5 rings (SSSR count). The summed E-state index contributed by atoms with van der Waals surface area (Å²) in [5, 5.41) is 9.28. The van der Waals surface area contributed by atoms with E-state index in [2.05, 4.69) is 33.9 Å². The highest BCUT2D eigenvalue weighted by Gasteiger charge is 2.25. The number of carbonyl (C=O) groups is 2. The molecule has 2 aliphatic heterocycles. The Morgan fingerprint density at radius 3 is 2.52 bits per heavy atom. The predicted molar refractivity (Wildman–Crippen MR) is 186 cm³/mol. The largest absolute Gasteiger partial charge is 0.481 e. The van der Waals surface area contributed by atoms with E-state index in [-0.39, 0.29) is 31.3 Å². The summed E-state index contributed by atoms with van der Waals surface area (Å²) in [5.41, 5.74) is 4.28. The SMILES string of the molecule is CCCc1cnc(N2CCC(Oc3nc4ccc(C5=CCN(S(=O)(=O)CCCCCCOC(=O)CCC(=O)O)CC5)cc4s3)CC2)nc1. The lowest BCUT2D eigenvalue weighted by atomic mass is 10.0. The standard InChI is InChI=1S/C34H45N5O7S2/c1-2-7-25-23-35-33(36-24-25)38-16-14-28(15-17-38)46-34-37-29-9-8-27(22-30(29)47-34)26-12-18-39(19-13-26)48(43,44)21-6-4-3-5-20-45-32(42)11-10-31(40)41/h8-9,12,22-24,28H,2-7,10-11,13-21H2,1H3,(H,40,41). The summed E-state index contributed by atoms with van der Waals surface area (Å²) in [5.74, 6) is -0.690. The molecule has 1 N–H and O–H groups in total. The highest BCUT2D eigenvalue weighted by Crippen LogP contribution is 2.33. The summed E-state index contributed by atoms with van der Waals surface area (Å²) in [7, 11) is -3.37. The summed E-state index contributed by atoms with van der Waals surface area (Å²) in [6.45, 7) is 4.85. The van der Waals surface area contributed by atoms with E-state index in [0.717, 1.165) is 72.5 Å². The van der Waals surface area contributed by atoms with Gasteiger partial charge in [0.1, 0.15) is 6.10 Å². The highest BCUT2D eigenvalue weighted by atomic mass is 32.2. The molecule has 0 unspecified atom stereocenters. The number of aliphatic carboxylic acids is 1. The quantitative estimate of drug-likeness (QED) is 0.141. The van der Waals surface area contributed by atoms with Gasteiger partial charge in [0.2, 0.25) is 16.0 Å². The van der Waals surface area contributed by atoms with Crippen LogP contribution in [0.1, 0.15) is 82.3 Å². The highest BCUT2D eigenvalue weighted by molar-refractivity contribution is 7.89. The number of nitrogens with zero attached hydrogens (tertiary/aromatic N) is 5. The summed E-state index contributed by atoms with van der Waals surface area (Å²) < 4.78 is 39.8. The van der Waals surface area contributed by atoms with Crippen molar-refractivity contribution < 1.29 is 32.6 Å². The lowest BCUT2D eigenvalue weighted by Crippen LogP contribution is -2.39. The zero-order valence-electron chi connectivity index (χ0n) is 27.5. The molecule has 1 saturated heterocycles. The van der Waals surface area contributed by atoms with E-state index in [1.54, 1.807) is 15.6 Å². The number of thiazole rings is 1. The molecule has 0 radical (unpaired) electrons. The summed E-state index contributed by atoms with van der Waals surface area (Å²) in [6.07, 6.45) is 12.7. The Hall–Kier alpha value is -3.62. The van der Waals surface area contributed by atoms with Gasteiger partial charge in [-0.1, -0.05) is 49.7 Å². The third-order valence-corrected chi connectivity index (χ3v) is 11.5. The third kappa shape index (κ3) is 10.2. The zero-order chi connectivity index (χ0) is 33.9. The first kappa shape index (κ1) is 35.7. The number of hydrogen-bond acceptors (Lipinski definition) is 11. The Kier molecular flexibility index (Phi) is 12.8. The topological polar surface area (TPSA) is 152 Å². The van der Waals surface area contributed by atoms with Crippen molar-refractivity contribution in [2.75, 3.05) is 43.4 Å². The van der Waals surface area contributed by atoms with Crippen LogP contribution in [0.2, 0.25) is 0 Å². The van der Waals surface area contributed by atoms with Crippen LogP contribution in [0, 0.1) is 0 Å². The molecule has 0 saturated carbocycles. The minimum Gasteiger partial charge on any atom is -0.481 e. The molecular formula is C34H45N5O7S2. The van der Waals surface area contributed by atoms with Crippen LogP contribution in [0.15, 0.2) is 36.7 Å². The van der Waals surface area contributed by atoms with E-state index in [4.69, 9.17) is 19.6 Å². The van der Waals surface area contributed by atoms with Crippen molar-refractivity contribution in [2.24, 2.45) is 0 Å². The molecule has 0 bridgehead atoms. The Balaban J connectivity index is 1.04. The monoisotopic (exact) mass is 699 g/mol. The fourth-order valence-corrected chi connectivity index (χ4v) is 8.32. The second-order valence-corrected chi connectivity index (χ2v) is 15.4. The van der Waals surface area contributed by atoms with Crippen LogP contribution in [-0.2, 0) is 30.8 Å². The molecule has 4 heterocycles. The molecule has 0 atom stereocenters. The second-order valence-electron chi connectivity index (χ2n) is 12.3. The lowest BCUT2D eigenvalue weighted by molar-refractivity contribution is -0.147. The average Bonchev–Trinajstić information content (AvgIpc) is 3.49. The molecule has 2 aliphatic rings. The number of anilines is 1. The van der Waals surface area contributed by atoms with Crippen molar-refractivity contribution in [1.29, 1.82) is 0 Å². The average molecular weight is 700 g/mol. The zero-order valence-corrected chi connectivity index (χ0v) is 29.1. The lowest BCUT2D eigenvalue weighted by Gasteiger charge is -2.31. The molecule has 14 heteroatoms. The smallest absolute Gasteiger partial charge is 0.306 e. The van der Waals surface area contributed by atoms with Gasteiger partial charge in [0.05, 0.1) is 35.4 Å². The predicted octanol–water partition coefficient (Wildman–Crippen LogP) is 5.47. The number of carboxylic acid groups (broad SMARTS) is 1. The van der Waals surface area contributed by atoms with E-state index in [1.165, 1.54) is 5.56 Å². The van der Waals surface area contributed by atoms with E-state index in [9.17, 15) is 18.0 Å². The molecular weight excluding hydrogens is 655 g/mol. The molecule has 2 aromatic heterocycles. The Bertz CT molecular complexity index is 1670. The number of benzene rings is 1. The van der Waals surface area contributed by atoms with Gasteiger partial charge in [0, 0.05) is 51.4 Å². The first-order chi connectivity index (χ1) is 23.2. The number of aromatic nitrogens is 3. The number of hydrogen-bond donors (Lipinski definition) is 1. The number of aryl methyl sites for hydroxylation is 1. The van der Waals surface area contributed by atoms with Gasteiger partial charge in [-0.15, -0.1) is 0 Å². The fourth-order valence-electron chi connectivity index (χ4n) is 5.90. The van der Waals surface area contributed by atoms with Gasteiger partial charge in [-0.05, 0) is 54.5 Å². The number of piperidine rings is 1. The van der Waals surface area contributed by atoms with Crippen LogP contribution in [0.4, 0.5) is 5.95 Å². The summed E-state index contributed by atoms with van der Waals surface area (Å²) in [6, 6.07) is 6.19. The number of carboxylic acids is 1. The number of carbonyl (C=O) groups excluding carboxylic acids is 1. The number of sulfonamides is 1. The fraction of sp³-hybridized carbons (Fsp3) is 0.559. The van der Waals surface area contributed by atoms with Crippen LogP contribution < -0.4 is 9.64 Å². The van der Waals surface area contributed by atoms with E-state index in [0.29, 0.717) is 44.0 Å². The van der Waals surface area contributed by atoms with Gasteiger partial charge in [-0.2, -0.15) is 4.31 Å². The second kappa shape index (κ2) is 17.2. The minimum absolute atomic E-state index is 0.0864. The van der Waals surface area contributed by atoms with Crippen molar-refractivity contribution >= 4 is 55.0 Å². The number of esters is 1. The van der Waals surface area contributed by atoms with Gasteiger partial charge in [0.15, 0.2) is 0 Å². The van der Waals surface area contributed by atoms with E-state index < -0.39 is 22.0 Å². The molecule has 260 valence electrons. The maximum atomic E-state index is 12.9. The van der Waals surface area contributed by atoms with Crippen molar-refractivity contribution in [1.82, 2.24) is 19.3 Å². The van der Waals surface area contributed by atoms with E-state index in [1.807, 2.05) is 24.5 Å². The van der Waals surface area contributed by atoms with Gasteiger partial charge in [0.25, 0.3) is 5.19 Å². The molecule has 0 aliphatic carbocycles. The Morgan fingerprint density at radius 1 is 1.04 bits per heavy atom. The maximum Gasteiger partial charge on any atom is 0.306 e. The van der Waals surface area contributed by atoms with Gasteiger partial charge in [-0.3, -0.25) is 9.59 Å². The third-order valence-electron chi connectivity index (χ3n) is 8.63. The summed E-state index contributed by atoms with van der Waals surface area (Å²) in [4.78, 5) is 38.0. The van der Waals surface area contributed by atoms with Gasteiger partial charge < -0.3 is 19.5 Å². The Morgan fingerprint density at radius 2 is 1.81 bits per heavy atom. The molecule has 48 heavy (non-hydrogen) atoms. The van der Waals surface area contributed by atoms with Crippen LogP contribution >= 0.6 is 11.3 Å². The maximum absolute atomic E-state index is 12.9. The summed E-state index contributed by atoms with van der Waals surface area (Å²) >= 11 is 1.55. The number of rotatable bonds is 17. The first-order valence-corrected chi connectivity index (χ1v) is 19.3. The van der Waals surface area contributed by atoms with Gasteiger partial charge in [-0.25, -0.2) is 23.4 Å². The first-order valence-electron chi connectivity index (χ1n) is 16.9. The Labute approximate surface area is 286 Å². The van der Waals surface area contributed by atoms with Crippen molar-refractivity contribution in [2.45, 2.75) is 83.7 Å². The number of ether oxygens (including phenoxy) is 2. The van der Waals surface area contributed by atoms with Crippen molar-refractivity contribution in [3.05, 3.63) is 47.8 Å². The molecule has 12 nitrogen and oxygen atoms in total. The van der Waals surface area contributed by atoms with Crippen molar-refractivity contribution in [3.8, 4) is 5.19 Å². The van der Waals surface area contributed by atoms with Crippen LogP contribution in [0.5, 0.6) is 5.19 Å². The molecule has 1 fully saturated rings. The number of fused-ring (bicyclic) bond motifs is 1. The van der Waals surface area contributed by atoms with Gasteiger partial charge >= 0.3 is 11.9 Å². The van der Waals surface area contributed by atoms with Crippen LogP contribution in [-0.4, -0.2) is 89.4 Å². The molecule has 0 amide bonds. The van der Waals surface area contributed by atoms with Crippen LogP contribution in [0.25, 0.3) is 15.8 Å². The van der Waals surface area contributed by atoms with Crippen molar-refractivity contribution in [3.63, 3.8) is 0 Å². The normalized spacial score (nSPS) is 16.2. The molecule has 0 spiro atoms. The minimum atomic E-state index is -3.37. The number of unbranched alkanes of at least 4 members (excludes halogenated alkanes) is 3.